The van der Waals surface area contributed by atoms with Crippen molar-refractivity contribution in [1.82, 2.24) is 4.98 Å². The van der Waals surface area contributed by atoms with Crippen LogP contribution in [-0.4, -0.2) is 15.9 Å². The lowest BCUT2D eigenvalue weighted by atomic mass is 10.3. The maximum atomic E-state index is 10.6. The van der Waals surface area contributed by atoms with Crippen molar-refractivity contribution >= 4 is 11.5 Å². The highest BCUT2D eigenvalue weighted by Gasteiger charge is 2.15. The number of aromatic nitrogens is 1. The van der Waals surface area contributed by atoms with Crippen molar-refractivity contribution in [2.75, 3.05) is 5.32 Å². The molecule has 0 fully saturated rings. The molecule has 1 aromatic heterocycles. The molecule has 1 N–H and O–H groups in total. The Morgan fingerprint density at radius 3 is 2.64 bits per heavy atom. The molecule has 0 radical (unpaired) electrons. The minimum absolute atomic E-state index is 0.0179. The van der Waals surface area contributed by atoms with Crippen LogP contribution >= 0.6 is 0 Å². The van der Waals surface area contributed by atoms with E-state index in [1.54, 1.807) is 13.0 Å². The van der Waals surface area contributed by atoms with E-state index in [0.29, 0.717) is 5.82 Å². The van der Waals surface area contributed by atoms with Crippen LogP contribution in [0, 0.1) is 17.0 Å². The molecule has 5 heteroatoms. The summed E-state index contributed by atoms with van der Waals surface area (Å²) in [6, 6.07) is 3.22. The molecule has 0 spiro atoms. The van der Waals surface area contributed by atoms with Crippen LogP contribution in [-0.2, 0) is 0 Å². The highest BCUT2D eigenvalue weighted by Crippen LogP contribution is 2.22. The Morgan fingerprint density at radius 2 is 2.14 bits per heavy atom. The van der Waals surface area contributed by atoms with Crippen molar-refractivity contribution in [1.29, 1.82) is 0 Å². The average Bonchev–Trinajstić information content (AvgIpc) is 2.01. The van der Waals surface area contributed by atoms with Gasteiger partial charge < -0.3 is 5.32 Å². The zero-order valence-electron chi connectivity index (χ0n) is 8.44. The molecular formula is C9H13N3O2. The molecule has 0 atom stereocenters. The Bertz CT molecular complexity index is 350. The van der Waals surface area contributed by atoms with Crippen LogP contribution in [0.1, 0.15) is 19.5 Å². The summed E-state index contributed by atoms with van der Waals surface area (Å²) in [7, 11) is 0. The summed E-state index contributed by atoms with van der Waals surface area (Å²) in [5.74, 6) is 0.338. The molecule has 76 valence electrons. The Hall–Kier alpha value is -1.65. The van der Waals surface area contributed by atoms with Crippen LogP contribution in [0.2, 0.25) is 0 Å². The maximum absolute atomic E-state index is 10.6. The lowest BCUT2D eigenvalue weighted by molar-refractivity contribution is -0.384. The van der Waals surface area contributed by atoms with Gasteiger partial charge >= 0.3 is 5.69 Å². The summed E-state index contributed by atoms with van der Waals surface area (Å²) in [6.45, 7) is 5.62. The van der Waals surface area contributed by atoms with Gasteiger partial charge in [-0.05, 0) is 26.8 Å². The van der Waals surface area contributed by atoms with E-state index >= 15 is 0 Å². The fraction of sp³-hybridized carbons (Fsp3) is 0.444. The minimum atomic E-state index is -0.433. The maximum Gasteiger partial charge on any atom is 0.311 e. The first-order valence-electron chi connectivity index (χ1n) is 4.39. The monoisotopic (exact) mass is 195 g/mol. The van der Waals surface area contributed by atoms with E-state index in [9.17, 15) is 10.1 Å². The molecule has 1 aromatic rings. The van der Waals surface area contributed by atoms with Crippen LogP contribution in [0.15, 0.2) is 12.1 Å². The Morgan fingerprint density at radius 1 is 1.50 bits per heavy atom. The molecule has 0 aromatic carbocycles. The van der Waals surface area contributed by atoms with E-state index in [1.807, 2.05) is 13.8 Å². The fourth-order valence-corrected chi connectivity index (χ4v) is 1.08. The largest absolute Gasteiger partial charge is 0.362 e. The lowest BCUT2D eigenvalue weighted by Gasteiger charge is -2.09. The van der Waals surface area contributed by atoms with Gasteiger partial charge in [0.05, 0.1) is 4.92 Å². The zero-order chi connectivity index (χ0) is 10.7. The van der Waals surface area contributed by atoms with Gasteiger partial charge in [0.25, 0.3) is 0 Å². The van der Waals surface area contributed by atoms with E-state index in [4.69, 9.17) is 0 Å². The van der Waals surface area contributed by atoms with Gasteiger partial charge in [0.1, 0.15) is 0 Å². The fourth-order valence-electron chi connectivity index (χ4n) is 1.08. The summed E-state index contributed by atoms with van der Waals surface area (Å²) < 4.78 is 0. The van der Waals surface area contributed by atoms with Crippen molar-refractivity contribution < 1.29 is 4.92 Å². The zero-order valence-corrected chi connectivity index (χ0v) is 8.44. The average molecular weight is 195 g/mol. The predicted octanol–water partition coefficient (Wildman–Crippen LogP) is 2.12. The summed E-state index contributed by atoms with van der Waals surface area (Å²) in [5, 5.41) is 13.6. The number of nitrogens with zero attached hydrogens (tertiary/aromatic N) is 2. The first kappa shape index (κ1) is 10.4. The quantitative estimate of drug-likeness (QED) is 0.592. The molecule has 0 saturated carbocycles. The van der Waals surface area contributed by atoms with Gasteiger partial charge in [-0.1, -0.05) is 0 Å². The molecule has 0 amide bonds. The van der Waals surface area contributed by atoms with Crippen molar-refractivity contribution in [2.24, 2.45) is 0 Å². The standard InChI is InChI=1S/C9H13N3O2/c1-6(2)10-9-8(12(13)14)5-4-7(3)11-9/h4-6H,1-3H3,(H,10,11). The van der Waals surface area contributed by atoms with Crippen molar-refractivity contribution in [3.05, 3.63) is 27.9 Å². The molecule has 0 bridgehead atoms. The SMILES string of the molecule is Cc1ccc([N+](=O)[O-])c(NC(C)C)n1. The summed E-state index contributed by atoms with van der Waals surface area (Å²) in [5.41, 5.74) is 0.781. The molecular weight excluding hydrogens is 182 g/mol. The van der Waals surface area contributed by atoms with Crippen molar-refractivity contribution in [2.45, 2.75) is 26.8 Å². The number of hydrogen-bond acceptors (Lipinski definition) is 4. The Kier molecular flexibility index (Phi) is 3.01. The number of pyridine rings is 1. The molecule has 0 aliphatic rings. The Labute approximate surface area is 82.3 Å². The van der Waals surface area contributed by atoms with Gasteiger partial charge in [-0.2, -0.15) is 0 Å². The minimum Gasteiger partial charge on any atom is -0.362 e. The second-order valence-electron chi connectivity index (χ2n) is 3.38. The molecule has 0 aliphatic heterocycles. The van der Waals surface area contributed by atoms with E-state index in [2.05, 4.69) is 10.3 Å². The van der Waals surface area contributed by atoms with Gasteiger partial charge in [0.15, 0.2) is 0 Å². The second-order valence-corrected chi connectivity index (χ2v) is 3.38. The van der Waals surface area contributed by atoms with Crippen molar-refractivity contribution in [3.8, 4) is 0 Å². The van der Waals surface area contributed by atoms with Crippen molar-refractivity contribution in [3.63, 3.8) is 0 Å². The van der Waals surface area contributed by atoms with E-state index in [-0.39, 0.29) is 11.7 Å². The summed E-state index contributed by atoms with van der Waals surface area (Å²) in [4.78, 5) is 14.3. The lowest BCUT2D eigenvalue weighted by Crippen LogP contribution is -2.13. The van der Waals surface area contributed by atoms with E-state index < -0.39 is 4.92 Å². The van der Waals surface area contributed by atoms with Gasteiger partial charge in [0, 0.05) is 17.8 Å². The highest BCUT2D eigenvalue weighted by molar-refractivity contribution is 5.56. The smallest absolute Gasteiger partial charge is 0.311 e. The van der Waals surface area contributed by atoms with Crippen LogP contribution in [0.3, 0.4) is 0 Å². The molecule has 0 unspecified atom stereocenters. The third-order valence-electron chi connectivity index (χ3n) is 1.64. The third-order valence-corrected chi connectivity index (χ3v) is 1.64. The number of anilines is 1. The molecule has 0 saturated heterocycles. The molecule has 5 nitrogen and oxygen atoms in total. The van der Waals surface area contributed by atoms with E-state index in [0.717, 1.165) is 5.69 Å². The number of nitro groups is 1. The molecule has 14 heavy (non-hydrogen) atoms. The van der Waals surface area contributed by atoms with Crippen LogP contribution in [0.4, 0.5) is 11.5 Å². The number of nitrogens with one attached hydrogen (secondary N) is 1. The summed E-state index contributed by atoms with van der Waals surface area (Å²) >= 11 is 0. The first-order valence-corrected chi connectivity index (χ1v) is 4.39. The van der Waals surface area contributed by atoms with E-state index in [1.165, 1.54) is 6.07 Å². The number of aryl methyl sites for hydroxylation is 1. The molecule has 1 rings (SSSR count). The third kappa shape index (κ3) is 2.42. The molecule has 1 heterocycles. The number of rotatable bonds is 3. The normalized spacial score (nSPS) is 10.3. The molecule has 0 aliphatic carbocycles. The van der Waals surface area contributed by atoms with Crippen LogP contribution in [0.25, 0.3) is 0 Å². The predicted molar refractivity (Wildman–Crippen MR) is 54.4 cm³/mol. The number of hydrogen-bond donors (Lipinski definition) is 1. The second kappa shape index (κ2) is 4.04. The Balaban J connectivity index is 3.09. The van der Waals surface area contributed by atoms with Gasteiger partial charge in [0.2, 0.25) is 5.82 Å². The first-order chi connectivity index (χ1) is 6.50. The van der Waals surface area contributed by atoms with Gasteiger partial charge in [-0.15, -0.1) is 0 Å². The topological polar surface area (TPSA) is 68.1 Å². The van der Waals surface area contributed by atoms with Crippen LogP contribution < -0.4 is 5.32 Å². The van der Waals surface area contributed by atoms with Gasteiger partial charge in [-0.3, -0.25) is 10.1 Å². The summed E-state index contributed by atoms with van der Waals surface area (Å²) in [6.07, 6.45) is 0. The van der Waals surface area contributed by atoms with Crippen LogP contribution in [0.5, 0.6) is 0 Å². The highest BCUT2D eigenvalue weighted by atomic mass is 16.6. The van der Waals surface area contributed by atoms with Gasteiger partial charge in [-0.25, -0.2) is 4.98 Å².